The van der Waals surface area contributed by atoms with Crippen molar-refractivity contribution in [3.05, 3.63) is 29.0 Å². The molecule has 1 unspecified atom stereocenters. The SMILES string of the molecule is CC1=CC(=[N+]=[N-])C(C)C=C1N(C)C. The average Bonchev–Trinajstić information content (AvgIpc) is 2.07. The molecule has 13 heavy (non-hydrogen) atoms. The summed E-state index contributed by atoms with van der Waals surface area (Å²) in [5.41, 5.74) is 11.8. The third-order valence-electron chi connectivity index (χ3n) is 2.24. The number of nitrogens with zero attached hydrogens (tertiary/aromatic N) is 3. The Balaban J connectivity index is 3.07. The van der Waals surface area contributed by atoms with Gasteiger partial charge in [0.1, 0.15) is 0 Å². The van der Waals surface area contributed by atoms with Gasteiger partial charge in [0.25, 0.3) is 5.71 Å². The largest absolute Gasteiger partial charge is 0.378 e. The highest BCUT2D eigenvalue weighted by molar-refractivity contribution is 5.95. The molecule has 3 heteroatoms. The maximum Gasteiger partial charge on any atom is 0.298 e. The van der Waals surface area contributed by atoms with Crippen LogP contribution >= 0.6 is 0 Å². The molecule has 1 rings (SSSR count). The molecule has 0 aliphatic heterocycles. The van der Waals surface area contributed by atoms with Gasteiger partial charge in [-0.25, -0.2) is 0 Å². The normalized spacial score (nSPS) is 21.8. The second-order valence-corrected chi connectivity index (χ2v) is 3.59. The molecule has 0 amide bonds. The zero-order valence-electron chi connectivity index (χ0n) is 8.57. The van der Waals surface area contributed by atoms with Gasteiger partial charge in [-0.1, -0.05) is 0 Å². The van der Waals surface area contributed by atoms with Crippen LogP contribution in [0.4, 0.5) is 0 Å². The van der Waals surface area contributed by atoms with E-state index in [1.807, 2.05) is 34.0 Å². The van der Waals surface area contributed by atoms with Gasteiger partial charge in [-0.2, -0.15) is 4.79 Å². The Bertz CT molecular complexity index is 317. The van der Waals surface area contributed by atoms with E-state index in [4.69, 9.17) is 5.53 Å². The zero-order chi connectivity index (χ0) is 10.0. The van der Waals surface area contributed by atoms with Crippen molar-refractivity contribution in [1.29, 1.82) is 0 Å². The van der Waals surface area contributed by atoms with Crippen LogP contribution in [0.15, 0.2) is 23.4 Å². The van der Waals surface area contributed by atoms with Crippen LogP contribution in [0.1, 0.15) is 13.8 Å². The maximum absolute atomic E-state index is 8.70. The molecule has 0 heterocycles. The van der Waals surface area contributed by atoms with Gasteiger partial charge in [-0.05, 0) is 25.5 Å². The van der Waals surface area contributed by atoms with E-state index in [0.717, 1.165) is 11.3 Å². The van der Waals surface area contributed by atoms with E-state index in [1.165, 1.54) is 5.70 Å². The summed E-state index contributed by atoms with van der Waals surface area (Å²) in [6, 6.07) is 0. The molecule has 1 atom stereocenters. The first kappa shape index (κ1) is 9.75. The lowest BCUT2D eigenvalue weighted by molar-refractivity contribution is -0.00877. The van der Waals surface area contributed by atoms with Crippen molar-refractivity contribution in [2.45, 2.75) is 13.8 Å². The predicted octanol–water partition coefficient (Wildman–Crippen LogP) is 1.70. The van der Waals surface area contributed by atoms with Crippen molar-refractivity contribution in [3.63, 3.8) is 0 Å². The molecule has 0 N–H and O–H groups in total. The first-order valence-electron chi connectivity index (χ1n) is 4.36. The fraction of sp³-hybridized carbons (Fsp3) is 0.500. The summed E-state index contributed by atoms with van der Waals surface area (Å²) < 4.78 is 0. The minimum absolute atomic E-state index is 0.186. The van der Waals surface area contributed by atoms with Crippen LogP contribution in [-0.4, -0.2) is 29.5 Å². The van der Waals surface area contributed by atoms with Crippen LogP contribution < -0.4 is 0 Å². The van der Waals surface area contributed by atoms with Gasteiger partial charge in [0, 0.05) is 25.9 Å². The lowest BCUT2D eigenvalue weighted by Crippen LogP contribution is -2.20. The van der Waals surface area contributed by atoms with Crippen molar-refractivity contribution < 1.29 is 4.79 Å². The Morgan fingerprint density at radius 3 is 2.54 bits per heavy atom. The van der Waals surface area contributed by atoms with Crippen LogP contribution in [0.2, 0.25) is 0 Å². The van der Waals surface area contributed by atoms with Gasteiger partial charge in [0.15, 0.2) is 0 Å². The highest BCUT2D eigenvalue weighted by Gasteiger charge is 2.21. The average molecular weight is 177 g/mol. The molecule has 1 aliphatic carbocycles. The first-order chi connectivity index (χ1) is 6.06. The Kier molecular flexibility index (Phi) is 2.69. The highest BCUT2D eigenvalue weighted by Crippen LogP contribution is 2.21. The van der Waals surface area contributed by atoms with Gasteiger partial charge < -0.3 is 10.4 Å². The van der Waals surface area contributed by atoms with E-state index >= 15 is 0 Å². The van der Waals surface area contributed by atoms with Crippen LogP contribution in [0.3, 0.4) is 0 Å². The summed E-state index contributed by atoms with van der Waals surface area (Å²) in [6.07, 6.45) is 4.02. The molecule has 0 bridgehead atoms. The standard InChI is InChI=1S/C10H15N3/c1-7-6-10(13(3)4)8(2)5-9(7)12-11/h5-7H,1-4H3. The second kappa shape index (κ2) is 3.58. The molecule has 1 aliphatic rings. The molecular weight excluding hydrogens is 162 g/mol. The lowest BCUT2D eigenvalue weighted by atomic mass is 9.94. The van der Waals surface area contributed by atoms with Crippen LogP contribution in [0, 0.1) is 5.92 Å². The van der Waals surface area contributed by atoms with Gasteiger partial charge in [0.2, 0.25) is 0 Å². The second-order valence-electron chi connectivity index (χ2n) is 3.59. The quantitative estimate of drug-likeness (QED) is 0.444. The molecular formula is C10H15N3. The Morgan fingerprint density at radius 2 is 2.08 bits per heavy atom. The van der Waals surface area contributed by atoms with E-state index in [-0.39, 0.29) is 5.92 Å². The summed E-state index contributed by atoms with van der Waals surface area (Å²) in [7, 11) is 4.02. The first-order valence-corrected chi connectivity index (χ1v) is 4.36. The van der Waals surface area contributed by atoms with Gasteiger partial charge in [-0.15, -0.1) is 0 Å². The van der Waals surface area contributed by atoms with E-state index in [0.29, 0.717) is 0 Å². The summed E-state index contributed by atoms with van der Waals surface area (Å²) in [5, 5.41) is 0. The van der Waals surface area contributed by atoms with Gasteiger partial charge in [0.05, 0.1) is 5.92 Å². The van der Waals surface area contributed by atoms with Crippen LogP contribution in [0.5, 0.6) is 0 Å². The number of likely N-dealkylation sites (N-methyl/N-ethyl adjacent to an activating group) is 1. The number of rotatable bonds is 1. The molecule has 0 fully saturated rings. The Hall–Kier alpha value is -1.34. The molecule has 70 valence electrons. The van der Waals surface area contributed by atoms with Crippen molar-refractivity contribution in [3.8, 4) is 0 Å². The van der Waals surface area contributed by atoms with Crippen molar-refractivity contribution in [2.75, 3.05) is 14.1 Å². The molecule has 0 aromatic heterocycles. The van der Waals surface area contributed by atoms with Gasteiger partial charge in [-0.3, -0.25) is 0 Å². The topological polar surface area (TPSA) is 39.6 Å². The van der Waals surface area contributed by atoms with Crippen molar-refractivity contribution in [1.82, 2.24) is 4.90 Å². The summed E-state index contributed by atoms with van der Waals surface area (Å²) in [6.45, 7) is 4.03. The zero-order valence-corrected chi connectivity index (χ0v) is 8.57. The summed E-state index contributed by atoms with van der Waals surface area (Å²) >= 11 is 0. The van der Waals surface area contributed by atoms with Crippen molar-refractivity contribution in [2.24, 2.45) is 5.92 Å². The van der Waals surface area contributed by atoms with E-state index in [2.05, 4.69) is 15.8 Å². The minimum Gasteiger partial charge on any atom is -0.378 e. The van der Waals surface area contributed by atoms with Gasteiger partial charge >= 0.3 is 0 Å². The smallest absolute Gasteiger partial charge is 0.298 e. The summed E-state index contributed by atoms with van der Waals surface area (Å²) in [5.74, 6) is 0.186. The molecule has 0 radical (unpaired) electrons. The predicted molar refractivity (Wildman–Crippen MR) is 53.3 cm³/mol. The Labute approximate surface area is 79.0 Å². The van der Waals surface area contributed by atoms with E-state index < -0.39 is 0 Å². The number of hydrogen-bond acceptors (Lipinski definition) is 1. The fourth-order valence-corrected chi connectivity index (χ4v) is 1.50. The lowest BCUT2D eigenvalue weighted by Gasteiger charge is -2.21. The monoisotopic (exact) mass is 177 g/mol. The fourth-order valence-electron chi connectivity index (χ4n) is 1.50. The summed E-state index contributed by atoms with van der Waals surface area (Å²) in [4.78, 5) is 5.32. The highest BCUT2D eigenvalue weighted by atomic mass is 15.1. The number of allylic oxidation sites excluding steroid dienone is 3. The Morgan fingerprint density at radius 1 is 1.46 bits per heavy atom. The molecule has 0 spiro atoms. The van der Waals surface area contributed by atoms with Crippen LogP contribution in [-0.2, 0) is 0 Å². The third-order valence-corrected chi connectivity index (χ3v) is 2.24. The maximum atomic E-state index is 8.70. The molecule has 0 saturated heterocycles. The minimum atomic E-state index is 0.186. The van der Waals surface area contributed by atoms with Crippen LogP contribution in [0.25, 0.3) is 5.53 Å². The number of hydrogen-bond donors (Lipinski definition) is 0. The van der Waals surface area contributed by atoms with Crippen molar-refractivity contribution >= 4 is 5.71 Å². The third kappa shape index (κ3) is 1.87. The van der Waals surface area contributed by atoms with E-state index in [9.17, 15) is 0 Å². The molecule has 0 aromatic carbocycles. The molecule has 0 aromatic rings. The molecule has 0 saturated carbocycles. The molecule has 3 nitrogen and oxygen atoms in total. The van der Waals surface area contributed by atoms with E-state index in [1.54, 1.807) is 0 Å².